The molecule has 0 atom stereocenters. The van der Waals surface area contributed by atoms with E-state index in [1.54, 1.807) is 6.92 Å². The second-order valence-corrected chi connectivity index (χ2v) is 4.11. The van der Waals surface area contributed by atoms with E-state index in [0.717, 1.165) is 17.5 Å². The van der Waals surface area contributed by atoms with Gasteiger partial charge in [-0.1, -0.05) is 55.5 Å². The van der Waals surface area contributed by atoms with Gasteiger partial charge in [-0.2, -0.15) is 0 Å². The van der Waals surface area contributed by atoms with E-state index in [-0.39, 0.29) is 5.78 Å². The maximum atomic E-state index is 11.6. The summed E-state index contributed by atoms with van der Waals surface area (Å²) in [6, 6.07) is 16.1. The van der Waals surface area contributed by atoms with Gasteiger partial charge in [0, 0.05) is 5.56 Å². The average Bonchev–Trinajstić information content (AvgIpc) is 2.38. The van der Waals surface area contributed by atoms with Crippen molar-refractivity contribution in [2.45, 2.75) is 20.3 Å². The fraction of sp³-hybridized carbons (Fsp3) is 0.188. The van der Waals surface area contributed by atoms with E-state index in [1.807, 2.05) is 36.4 Å². The molecule has 0 radical (unpaired) electrons. The number of ketones is 1. The second kappa shape index (κ2) is 4.96. The molecule has 0 fully saturated rings. The molecule has 0 unspecified atom stereocenters. The molecular weight excluding hydrogens is 208 g/mol. The minimum Gasteiger partial charge on any atom is -0.294 e. The van der Waals surface area contributed by atoms with Gasteiger partial charge >= 0.3 is 0 Å². The lowest BCUT2D eigenvalue weighted by Crippen LogP contribution is -1.97. The SMILES string of the molecule is CCc1ccccc1-c1ccccc1C(C)=O. The van der Waals surface area contributed by atoms with Crippen LogP contribution in [0.5, 0.6) is 0 Å². The molecular formula is C16H16O. The average molecular weight is 224 g/mol. The minimum atomic E-state index is 0.117. The Morgan fingerprint density at radius 1 is 0.941 bits per heavy atom. The molecule has 0 aliphatic carbocycles. The van der Waals surface area contributed by atoms with Gasteiger partial charge in [0.25, 0.3) is 0 Å². The molecule has 0 amide bonds. The Hall–Kier alpha value is -1.89. The van der Waals surface area contributed by atoms with Crippen LogP contribution in [0.4, 0.5) is 0 Å². The number of benzene rings is 2. The van der Waals surface area contributed by atoms with Crippen molar-refractivity contribution in [1.29, 1.82) is 0 Å². The number of carbonyl (C=O) groups is 1. The topological polar surface area (TPSA) is 17.1 Å². The van der Waals surface area contributed by atoms with Crippen molar-refractivity contribution in [3.05, 3.63) is 59.7 Å². The molecule has 0 spiro atoms. The molecule has 0 saturated carbocycles. The number of aryl methyl sites for hydroxylation is 1. The highest BCUT2D eigenvalue weighted by Crippen LogP contribution is 2.27. The number of rotatable bonds is 3. The third-order valence-corrected chi connectivity index (χ3v) is 2.99. The monoisotopic (exact) mass is 224 g/mol. The standard InChI is InChI=1S/C16H16O/c1-3-13-8-4-5-10-15(13)16-11-7-6-9-14(16)12(2)17/h4-11H,3H2,1-2H3. The first kappa shape index (κ1) is 11.6. The zero-order chi connectivity index (χ0) is 12.3. The van der Waals surface area contributed by atoms with Gasteiger partial charge in [0.05, 0.1) is 0 Å². The molecule has 2 rings (SSSR count). The van der Waals surface area contributed by atoms with E-state index in [9.17, 15) is 4.79 Å². The zero-order valence-corrected chi connectivity index (χ0v) is 10.2. The van der Waals surface area contributed by atoms with Crippen LogP contribution in [0.3, 0.4) is 0 Å². The molecule has 0 heterocycles. The summed E-state index contributed by atoms with van der Waals surface area (Å²) in [5, 5.41) is 0. The molecule has 0 saturated heterocycles. The number of Topliss-reactive ketones (excluding diaryl/α,β-unsaturated/α-hetero) is 1. The first-order valence-corrected chi connectivity index (χ1v) is 5.92. The zero-order valence-electron chi connectivity index (χ0n) is 10.2. The van der Waals surface area contributed by atoms with Crippen molar-refractivity contribution >= 4 is 5.78 Å². The summed E-state index contributed by atoms with van der Waals surface area (Å²) >= 11 is 0. The molecule has 17 heavy (non-hydrogen) atoms. The van der Waals surface area contributed by atoms with E-state index in [1.165, 1.54) is 11.1 Å². The third kappa shape index (κ3) is 2.28. The van der Waals surface area contributed by atoms with Crippen LogP contribution in [-0.4, -0.2) is 5.78 Å². The molecule has 0 aromatic heterocycles. The molecule has 0 N–H and O–H groups in total. The normalized spacial score (nSPS) is 10.2. The van der Waals surface area contributed by atoms with E-state index in [4.69, 9.17) is 0 Å². The summed E-state index contributed by atoms with van der Waals surface area (Å²) in [5.74, 6) is 0.117. The van der Waals surface area contributed by atoms with Gasteiger partial charge in [0.1, 0.15) is 0 Å². The fourth-order valence-corrected chi connectivity index (χ4v) is 2.12. The largest absolute Gasteiger partial charge is 0.294 e. The Kier molecular flexibility index (Phi) is 3.38. The predicted octanol–water partition coefficient (Wildman–Crippen LogP) is 4.12. The summed E-state index contributed by atoms with van der Waals surface area (Å²) in [6.45, 7) is 3.75. The van der Waals surface area contributed by atoms with Crippen LogP contribution in [0.2, 0.25) is 0 Å². The van der Waals surface area contributed by atoms with Gasteiger partial charge in [0.15, 0.2) is 5.78 Å². The van der Waals surface area contributed by atoms with Crippen LogP contribution in [0, 0.1) is 0 Å². The highest BCUT2D eigenvalue weighted by Gasteiger charge is 2.10. The first-order valence-electron chi connectivity index (χ1n) is 5.92. The van der Waals surface area contributed by atoms with E-state index >= 15 is 0 Å². The van der Waals surface area contributed by atoms with Crippen molar-refractivity contribution in [3.8, 4) is 11.1 Å². The Labute approximate surface area is 102 Å². The summed E-state index contributed by atoms with van der Waals surface area (Å²) in [5.41, 5.74) is 4.29. The maximum Gasteiger partial charge on any atom is 0.160 e. The lowest BCUT2D eigenvalue weighted by atomic mass is 9.93. The van der Waals surface area contributed by atoms with E-state index < -0.39 is 0 Å². The molecule has 0 bridgehead atoms. The Bertz CT molecular complexity index is 541. The van der Waals surface area contributed by atoms with Crippen LogP contribution in [0.15, 0.2) is 48.5 Å². The second-order valence-electron chi connectivity index (χ2n) is 4.11. The number of carbonyl (C=O) groups excluding carboxylic acids is 1. The van der Waals surface area contributed by atoms with Crippen LogP contribution < -0.4 is 0 Å². The van der Waals surface area contributed by atoms with Crippen LogP contribution in [0.1, 0.15) is 29.8 Å². The van der Waals surface area contributed by atoms with Gasteiger partial charge in [-0.25, -0.2) is 0 Å². The lowest BCUT2D eigenvalue weighted by Gasteiger charge is -2.11. The van der Waals surface area contributed by atoms with E-state index in [2.05, 4.69) is 19.1 Å². The van der Waals surface area contributed by atoms with Gasteiger partial charge in [-0.3, -0.25) is 4.79 Å². The minimum absolute atomic E-state index is 0.117. The highest BCUT2D eigenvalue weighted by atomic mass is 16.1. The van der Waals surface area contributed by atoms with Crippen LogP contribution in [-0.2, 0) is 6.42 Å². The van der Waals surface area contributed by atoms with Crippen molar-refractivity contribution in [1.82, 2.24) is 0 Å². The molecule has 0 aliphatic heterocycles. The van der Waals surface area contributed by atoms with Crippen molar-refractivity contribution in [2.75, 3.05) is 0 Å². The van der Waals surface area contributed by atoms with Gasteiger partial charge in [-0.05, 0) is 30.0 Å². The van der Waals surface area contributed by atoms with Crippen molar-refractivity contribution in [3.63, 3.8) is 0 Å². The van der Waals surface area contributed by atoms with Crippen molar-refractivity contribution < 1.29 is 4.79 Å². The van der Waals surface area contributed by atoms with Crippen LogP contribution >= 0.6 is 0 Å². The fourth-order valence-electron chi connectivity index (χ4n) is 2.12. The molecule has 2 aromatic rings. The van der Waals surface area contributed by atoms with Crippen molar-refractivity contribution in [2.24, 2.45) is 0 Å². The van der Waals surface area contributed by atoms with Crippen LogP contribution in [0.25, 0.3) is 11.1 Å². The van der Waals surface area contributed by atoms with E-state index in [0.29, 0.717) is 0 Å². The summed E-state index contributed by atoms with van der Waals surface area (Å²) in [4.78, 5) is 11.6. The number of hydrogen-bond acceptors (Lipinski definition) is 1. The molecule has 0 aliphatic rings. The summed E-state index contributed by atoms with van der Waals surface area (Å²) < 4.78 is 0. The Morgan fingerprint density at radius 2 is 1.53 bits per heavy atom. The molecule has 2 aromatic carbocycles. The Morgan fingerprint density at radius 3 is 2.18 bits per heavy atom. The molecule has 1 heteroatoms. The highest BCUT2D eigenvalue weighted by molar-refractivity contribution is 6.01. The first-order chi connectivity index (χ1) is 8.24. The quantitative estimate of drug-likeness (QED) is 0.717. The van der Waals surface area contributed by atoms with Gasteiger partial charge < -0.3 is 0 Å². The van der Waals surface area contributed by atoms with Gasteiger partial charge in [0.2, 0.25) is 0 Å². The summed E-state index contributed by atoms with van der Waals surface area (Å²) in [6.07, 6.45) is 0.975. The molecule has 1 nitrogen and oxygen atoms in total. The van der Waals surface area contributed by atoms with Gasteiger partial charge in [-0.15, -0.1) is 0 Å². The maximum absolute atomic E-state index is 11.6. The predicted molar refractivity (Wildman–Crippen MR) is 71.3 cm³/mol. The third-order valence-electron chi connectivity index (χ3n) is 2.99. The lowest BCUT2D eigenvalue weighted by molar-refractivity contribution is 0.101. The Balaban J connectivity index is 2.64. The number of hydrogen-bond donors (Lipinski definition) is 0. The summed E-state index contributed by atoms with van der Waals surface area (Å²) in [7, 11) is 0. The molecule has 86 valence electrons. The smallest absolute Gasteiger partial charge is 0.160 e.